The molecule has 0 aliphatic heterocycles. The number of carbonyl (C=O) groups is 1. The van der Waals surface area contributed by atoms with Gasteiger partial charge in [0.1, 0.15) is 11.5 Å². The summed E-state index contributed by atoms with van der Waals surface area (Å²) in [6.07, 6.45) is 3.14. The number of halogens is 1. The van der Waals surface area contributed by atoms with E-state index in [0.29, 0.717) is 34.3 Å². The molecule has 0 unspecified atom stereocenters. The maximum Gasteiger partial charge on any atom is 0.257 e. The van der Waals surface area contributed by atoms with E-state index in [0.717, 1.165) is 11.4 Å². The first-order valence-electron chi connectivity index (χ1n) is 8.69. The van der Waals surface area contributed by atoms with Crippen LogP contribution < -0.4 is 20.1 Å². The van der Waals surface area contributed by atoms with Crippen molar-refractivity contribution < 1.29 is 14.3 Å². The molecule has 0 saturated carbocycles. The van der Waals surface area contributed by atoms with Crippen LogP contribution in [-0.4, -0.2) is 24.6 Å². The molecule has 0 atom stereocenters. The number of amides is 1. The summed E-state index contributed by atoms with van der Waals surface area (Å²) in [5.41, 5.74) is 2.44. The Morgan fingerprint density at radius 1 is 1.07 bits per heavy atom. The molecule has 6 nitrogen and oxygen atoms in total. The zero-order valence-electron chi connectivity index (χ0n) is 15.5. The molecule has 1 amide bonds. The van der Waals surface area contributed by atoms with Crippen LogP contribution in [0, 0.1) is 0 Å². The SMILES string of the molecule is CCOc1ccc(Nc2cncc(C(=O)Nc3cc(Cl)ccc3OC)c2)cc1. The lowest BCUT2D eigenvalue weighted by Gasteiger charge is -2.12. The predicted octanol–water partition coefficient (Wildman–Crippen LogP) is 5.14. The van der Waals surface area contributed by atoms with Crippen molar-refractivity contribution in [2.45, 2.75) is 6.92 Å². The van der Waals surface area contributed by atoms with E-state index in [2.05, 4.69) is 15.6 Å². The van der Waals surface area contributed by atoms with Crippen molar-refractivity contribution in [1.29, 1.82) is 0 Å². The van der Waals surface area contributed by atoms with E-state index in [-0.39, 0.29) is 5.91 Å². The van der Waals surface area contributed by atoms with Crippen LogP contribution in [0.4, 0.5) is 17.1 Å². The Morgan fingerprint density at radius 2 is 1.86 bits per heavy atom. The second-order valence-electron chi connectivity index (χ2n) is 5.84. The highest BCUT2D eigenvalue weighted by molar-refractivity contribution is 6.31. The molecular weight excluding hydrogens is 378 g/mol. The van der Waals surface area contributed by atoms with Crippen LogP contribution >= 0.6 is 11.6 Å². The number of nitrogens with zero attached hydrogens (tertiary/aromatic N) is 1. The van der Waals surface area contributed by atoms with Gasteiger partial charge in [0.2, 0.25) is 0 Å². The number of benzene rings is 2. The molecule has 0 bridgehead atoms. The van der Waals surface area contributed by atoms with Gasteiger partial charge in [0.25, 0.3) is 5.91 Å². The zero-order valence-corrected chi connectivity index (χ0v) is 16.3. The van der Waals surface area contributed by atoms with Crippen LogP contribution in [0.2, 0.25) is 5.02 Å². The Kier molecular flexibility index (Phi) is 6.34. The Balaban J connectivity index is 1.73. The minimum atomic E-state index is -0.316. The molecular formula is C21H20ClN3O3. The summed E-state index contributed by atoms with van der Waals surface area (Å²) in [5, 5.41) is 6.52. The van der Waals surface area contributed by atoms with Crippen LogP contribution in [0.15, 0.2) is 60.9 Å². The van der Waals surface area contributed by atoms with Gasteiger partial charge < -0.3 is 20.1 Å². The standard InChI is InChI=1S/C21H20ClN3O3/c1-3-28-18-7-5-16(6-8-18)24-17-10-14(12-23-13-17)21(26)25-19-11-15(22)4-9-20(19)27-2/h4-13,24H,3H2,1-2H3,(H,25,26). The van der Waals surface area contributed by atoms with Crippen molar-refractivity contribution in [2.75, 3.05) is 24.4 Å². The molecule has 1 aromatic heterocycles. The fraction of sp³-hybridized carbons (Fsp3) is 0.143. The van der Waals surface area contributed by atoms with E-state index in [1.54, 1.807) is 30.5 Å². The Morgan fingerprint density at radius 3 is 2.57 bits per heavy atom. The van der Waals surface area contributed by atoms with Crippen molar-refractivity contribution in [3.05, 3.63) is 71.5 Å². The zero-order chi connectivity index (χ0) is 19.9. The minimum Gasteiger partial charge on any atom is -0.495 e. The van der Waals surface area contributed by atoms with E-state index in [1.807, 2.05) is 31.2 Å². The summed E-state index contributed by atoms with van der Waals surface area (Å²) in [5.74, 6) is 1.01. The van der Waals surface area contributed by atoms with Gasteiger partial charge in [-0.15, -0.1) is 0 Å². The Hall–Kier alpha value is -3.25. The average Bonchev–Trinajstić information content (AvgIpc) is 2.70. The van der Waals surface area contributed by atoms with Gasteiger partial charge in [0, 0.05) is 16.9 Å². The van der Waals surface area contributed by atoms with Gasteiger partial charge in [-0.05, 0) is 55.5 Å². The molecule has 0 spiro atoms. The number of rotatable bonds is 7. The quantitative estimate of drug-likeness (QED) is 0.577. The summed E-state index contributed by atoms with van der Waals surface area (Å²) in [4.78, 5) is 16.8. The summed E-state index contributed by atoms with van der Waals surface area (Å²) >= 11 is 6.01. The molecule has 0 aliphatic rings. The number of aromatic nitrogens is 1. The van der Waals surface area contributed by atoms with E-state index >= 15 is 0 Å². The van der Waals surface area contributed by atoms with Gasteiger partial charge in [-0.1, -0.05) is 11.6 Å². The molecule has 0 radical (unpaired) electrons. The largest absolute Gasteiger partial charge is 0.495 e. The van der Waals surface area contributed by atoms with E-state index in [1.165, 1.54) is 13.3 Å². The highest BCUT2D eigenvalue weighted by Gasteiger charge is 2.11. The maximum absolute atomic E-state index is 12.6. The Labute approximate surface area is 168 Å². The first-order chi connectivity index (χ1) is 13.6. The van der Waals surface area contributed by atoms with Gasteiger partial charge in [0.15, 0.2) is 0 Å². The van der Waals surface area contributed by atoms with Crippen molar-refractivity contribution in [1.82, 2.24) is 4.98 Å². The lowest BCUT2D eigenvalue weighted by Crippen LogP contribution is -2.13. The summed E-state index contributed by atoms with van der Waals surface area (Å²) < 4.78 is 10.7. The molecule has 0 aliphatic carbocycles. The molecule has 28 heavy (non-hydrogen) atoms. The third kappa shape index (κ3) is 4.92. The fourth-order valence-corrected chi connectivity index (χ4v) is 2.74. The van der Waals surface area contributed by atoms with Crippen molar-refractivity contribution >= 4 is 34.6 Å². The maximum atomic E-state index is 12.6. The smallest absolute Gasteiger partial charge is 0.257 e. The molecule has 7 heteroatoms. The predicted molar refractivity (Wildman–Crippen MR) is 111 cm³/mol. The molecule has 1 heterocycles. The first kappa shape index (κ1) is 19.5. The molecule has 3 rings (SSSR count). The number of methoxy groups -OCH3 is 1. The Bertz CT molecular complexity index is 961. The summed E-state index contributed by atoms with van der Waals surface area (Å²) in [7, 11) is 1.53. The lowest BCUT2D eigenvalue weighted by molar-refractivity contribution is 0.102. The van der Waals surface area contributed by atoms with Crippen LogP contribution in [0.5, 0.6) is 11.5 Å². The summed E-state index contributed by atoms with van der Waals surface area (Å²) in [6, 6.07) is 14.3. The van der Waals surface area contributed by atoms with E-state index < -0.39 is 0 Å². The molecule has 144 valence electrons. The molecule has 0 saturated heterocycles. The number of hydrogen-bond acceptors (Lipinski definition) is 5. The van der Waals surface area contributed by atoms with E-state index in [9.17, 15) is 4.79 Å². The number of carbonyl (C=O) groups excluding carboxylic acids is 1. The molecule has 3 aromatic rings. The van der Waals surface area contributed by atoms with Gasteiger partial charge in [-0.25, -0.2) is 0 Å². The highest BCUT2D eigenvalue weighted by Crippen LogP contribution is 2.28. The first-order valence-corrected chi connectivity index (χ1v) is 9.06. The molecule has 2 N–H and O–H groups in total. The molecule has 0 fully saturated rings. The fourth-order valence-electron chi connectivity index (χ4n) is 2.57. The summed E-state index contributed by atoms with van der Waals surface area (Å²) in [6.45, 7) is 2.55. The normalized spacial score (nSPS) is 10.2. The topological polar surface area (TPSA) is 72.5 Å². The van der Waals surface area contributed by atoms with Gasteiger partial charge in [0.05, 0.1) is 36.9 Å². The lowest BCUT2D eigenvalue weighted by atomic mass is 10.2. The average molecular weight is 398 g/mol. The van der Waals surface area contributed by atoms with Crippen LogP contribution in [0.25, 0.3) is 0 Å². The van der Waals surface area contributed by atoms with E-state index in [4.69, 9.17) is 21.1 Å². The van der Waals surface area contributed by atoms with Crippen LogP contribution in [-0.2, 0) is 0 Å². The third-order valence-corrected chi connectivity index (χ3v) is 4.10. The monoisotopic (exact) mass is 397 g/mol. The minimum absolute atomic E-state index is 0.316. The third-order valence-electron chi connectivity index (χ3n) is 3.86. The number of anilines is 3. The van der Waals surface area contributed by atoms with Gasteiger partial charge in [-0.3, -0.25) is 9.78 Å². The van der Waals surface area contributed by atoms with Crippen molar-refractivity contribution in [3.8, 4) is 11.5 Å². The van der Waals surface area contributed by atoms with Crippen molar-refractivity contribution in [2.24, 2.45) is 0 Å². The van der Waals surface area contributed by atoms with Gasteiger partial charge in [-0.2, -0.15) is 0 Å². The van der Waals surface area contributed by atoms with Crippen LogP contribution in [0.3, 0.4) is 0 Å². The van der Waals surface area contributed by atoms with Crippen molar-refractivity contribution in [3.63, 3.8) is 0 Å². The second kappa shape index (κ2) is 9.10. The second-order valence-corrected chi connectivity index (χ2v) is 6.28. The molecule has 2 aromatic carbocycles. The number of ether oxygens (including phenoxy) is 2. The number of hydrogen-bond donors (Lipinski definition) is 2. The number of nitrogens with one attached hydrogen (secondary N) is 2. The number of pyridine rings is 1. The van der Waals surface area contributed by atoms with Crippen LogP contribution in [0.1, 0.15) is 17.3 Å². The van der Waals surface area contributed by atoms with Gasteiger partial charge >= 0.3 is 0 Å². The highest BCUT2D eigenvalue weighted by atomic mass is 35.5.